The van der Waals surface area contributed by atoms with Crippen molar-refractivity contribution in [3.8, 4) is 0 Å². The molecule has 0 radical (unpaired) electrons. The van der Waals surface area contributed by atoms with Gasteiger partial charge in [-0.25, -0.2) is 24.0 Å². The van der Waals surface area contributed by atoms with Gasteiger partial charge in [0.25, 0.3) is 0 Å². The van der Waals surface area contributed by atoms with Crippen molar-refractivity contribution in [2.24, 2.45) is 5.92 Å². The number of aliphatic carboxylic acids is 4. The maximum atomic E-state index is 12.6. The molecule has 1 aliphatic carbocycles. The van der Waals surface area contributed by atoms with E-state index in [0.29, 0.717) is 29.6 Å². The summed E-state index contributed by atoms with van der Waals surface area (Å²) in [6.45, 7) is 8.51. The zero-order chi connectivity index (χ0) is 29.0. The second kappa shape index (κ2) is 15.6. The third-order valence-electron chi connectivity index (χ3n) is 5.57. The van der Waals surface area contributed by atoms with Crippen LogP contribution in [0, 0.1) is 5.92 Å². The molecule has 1 saturated heterocycles. The molecule has 5 N–H and O–H groups in total. The number of amides is 1. The van der Waals surface area contributed by atoms with Crippen molar-refractivity contribution in [3.05, 3.63) is 16.0 Å². The van der Waals surface area contributed by atoms with Crippen LogP contribution >= 0.6 is 11.3 Å². The van der Waals surface area contributed by atoms with Crippen molar-refractivity contribution in [1.29, 1.82) is 0 Å². The predicted octanol–water partition coefficient (Wildman–Crippen LogP) is 0.547. The molecule has 1 unspecified atom stereocenters. The number of thiophene rings is 1. The molecule has 14 nitrogen and oxygen atoms in total. The van der Waals surface area contributed by atoms with Gasteiger partial charge < -0.3 is 35.4 Å². The number of likely N-dealkylation sites (N-methyl/N-ethyl adjacent to an activating group) is 1. The SMILES string of the molecule is CCOC(=O)c1c(NC(=O)CN2CCN(C)CC2)sc2c1CCC(C)C2.O=C(O)C(=O)O.O=C(O)C(=O)O. The number of hydrogen-bond acceptors (Lipinski definition) is 10. The smallest absolute Gasteiger partial charge is 0.414 e. The van der Waals surface area contributed by atoms with Crippen molar-refractivity contribution < 1.29 is 53.9 Å². The largest absolute Gasteiger partial charge is 0.473 e. The Kier molecular flexibility index (Phi) is 13.4. The lowest BCUT2D eigenvalue weighted by Crippen LogP contribution is -2.47. The lowest BCUT2D eigenvalue weighted by Gasteiger charge is -2.31. The van der Waals surface area contributed by atoms with E-state index in [-0.39, 0.29) is 11.9 Å². The van der Waals surface area contributed by atoms with E-state index in [4.69, 9.17) is 44.3 Å². The van der Waals surface area contributed by atoms with Gasteiger partial charge >= 0.3 is 29.8 Å². The van der Waals surface area contributed by atoms with Crippen LogP contribution in [0.3, 0.4) is 0 Å². The number of carboxylic acid groups (broad SMARTS) is 4. The van der Waals surface area contributed by atoms with Crippen molar-refractivity contribution >= 4 is 52.1 Å². The van der Waals surface area contributed by atoms with Gasteiger partial charge in [0.05, 0.1) is 18.7 Å². The van der Waals surface area contributed by atoms with E-state index in [9.17, 15) is 9.59 Å². The average molecular weight is 560 g/mol. The molecular formula is C23H33N3O11S. The molecule has 1 amide bonds. The predicted molar refractivity (Wildman–Crippen MR) is 135 cm³/mol. The Labute approximate surface area is 222 Å². The van der Waals surface area contributed by atoms with Crippen molar-refractivity contribution in [2.75, 3.05) is 51.7 Å². The number of rotatable bonds is 5. The zero-order valence-electron chi connectivity index (χ0n) is 21.4. The first kappa shape index (κ1) is 32.5. The van der Waals surface area contributed by atoms with Crippen LogP contribution in [0.4, 0.5) is 5.00 Å². The molecule has 1 fully saturated rings. The zero-order valence-corrected chi connectivity index (χ0v) is 22.2. The van der Waals surface area contributed by atoms with Crippen molar-refractivity contribution in [3.63, 3.8) is 0 Å². The van der Waals surface area contributed by atoms with E-state index in [0.717, 1.165) is 51.0 Å². The summed E-state index contributed by atoms with van der Waals surface area (Å²) < 4.78 is 5.26. The third kappa shape index (κ3) is 10.8. The lowest BCUT2D eigenvalue weighted by molar-refractivity contribution is -0.159. The quantitative estimate of drug-likeness (QED) is 0.247. The van der Waals surface area contributed by atoms with Crippen molar-refractivity contribution in [1.82, 2.24) is 9.80 Å². The number of ether oxygens (including phenoxy) is 1. The molecule has 38 heavy (non-hydrogen) atoms. The van der Waals surface area contributed by atoms with Gasteiger partial charge in [0, 0.05) is 31.1 Å². The summed E-state index contributed by atoms with van der Waals surface area (Å²) in [7, 11) is 2.10. The molecule has 2 aliphatic rings. The van der Waals surface area contributed by atoms with Gasteiger partial charge in [-0.2, -0.15) is 0 Å². The van der Waals surface area contributed by atoms with E-state index < -0.39 is 23.9 Å². The van der Waals surface area contributed by atoms with E-state index in [2.05, 4.69) is 29.1 Å². The minimum atomic E-state index is -1.82. The van der Waals surface area contributed by atoms with Crippen molar-refractivity contribution in [2.45, 2.75) is 33.1 Å². The van der Waals surface area contributed by atoms with Gasteiger partial charge in [0.15, 0.2) is 0 Å². The Morgan fingerprint density at radius 1 is 0.947 bits per heavy atom. The second-order valence-electron chi connectivity index (χ2n) is 8.62. The molecule has 2 heterocycles. The number of carbonyl (C=O) groups excluding carboxylic acids is 2. The van der Waals surface area contributed by atoms with E-state index in [1.807, 2.05) is 6.92 Å². The summed E-state index contributed by atoms with van der Waals surface area (Å²) in [5.41, 5.74) is 1.67. The fraction of sp³-hybridized carbons (Fsp3) is 0.565. The number of esters is 1. The van der Waals surface area contributed by atoms with Crippen LogP contribution in [0.2, 0.25) is 0 Å². The first-order valence-electron chi connectivity index (χ1n) is 11.7. The number of carbonyl (C=O) groups is 6. The van der Waals surface area contributed by atoms with Gasteiger partial charge in [0.2, 0.25) is 5.91 Å². The third-order valence-corrected chi connectivity index (χ3v) is 6.74. The van der Waals surface area contributed by atoms with Gasteiger partial charge in [0.1, 0.15) is 5.00 Å². The number of piperazine rings is 1. The molecule has 3 rings (SSSR count). The highest BCUT2D eigenvalue weighted by Crippen LogP contribution is 2.40. The molecule has 0 saturated carbocycles. The second-order valence-corrected chi connectivity index (χ2v) is 9.73. The van der Waals surface area contributed by atoms with Gasteiger partial charge in [-0.1, -0.05) is 6.92 Å². The Morgan fingerprint density at radius 2 is 1.47 bits per heavy atom. The van der Waals surface area contributed by atoms with Crippen LogP contribution in [0.5, 0.6) is 0 Å². The van der Waals surface area contributed by atoms with E-state index in [1.54, 1.807) is 11.3 Å². The summed E-state index contributed by atoms with van der Waals surface area (Å²) in [5.74, 6) is -7.04. The fourth-order valence-electron chi connectivity index (χ4n) is 3.63. The highest BCUT2D eigenvalue weighted by Gasteiger charge is 2.29. The van der Waals surface area contributed by atoms with Crippen LogP contribution in [0.1, 0.15) is 41.1 Å². The van der Waals surface area contributed by atoms with Crippen LogP contribution in [0.25, 0.3) is 0 Å². The van der Waals surface area contributed by atoms with Crippen LogP contribution in [-0.2, 0) is 41.6 Å². The number of carboxylic acids is 4. The Bertz CT molecular complexity index is 984. The van der Waals surface area contributed by atoms with E-state index in [1.165, 1.54) is 4.88 Å². The maximum Gasteiger partial charge on any atom is 0.414 e. The summed E-state index contributed by atoms with van der Waals surface area (Å²) in [6.07, 6.45) is 2.93. The molecule has 1 atom stereocenters. The number of anilines is 1. The van der Waals surface area contributed by atoms with Crippen LogP contribution in [-0.4, -0.2) is 112 Å². The summed E-state index contributed by atoms with van der Waals surface area (Å²) in [6, 6.07) is 0. The first-order chi connectivity index (χ1) is 17.8. The molecule has 1 aromatic heterocycles. The van der Waals surface area contributed by atoms with Gasteiger partial charge in [-0.15, -0.1) is 11.3 Å². The fourth-order valence-corrected chi connectivity index (χ4v) is 5.05. The molecular weight excluding hydrogens is 526 g/mol. The number of nitrogens with zero attached hydrogens (tertiary/aromatic N) is 2. The number of fused-ring (bicyclic) bond motifs is 1. The molecule has 1 aromatic rings. The Hall–Kier alpha value is -3.56. The standard InChI is InChI=1S/C19H29N3O3S.2C2H2O4/c1-4-25-19(24)17-14-6-5-13(2)11-15(14)26-18(17)20-16(23)12-22-9-7-21(3)8-10-22;2*3-1(4)2(5)6/h13H,4-12H2,1-3H3,(H,20,23);2*(H,3,4)(H,5,6). The van der Waals surface area contributed by atoms with Crippen LogP contribution in [0.15, 0.2) is 0 Å². The maximum absolute atomic E-state index is 12.6. The minimum absolute atomic E-state index is 0.0493. The average Bonchev–Trinajstić information content (AvgIpc) is 3.18. The molecule has 212 valence electrons. The Balaban J connectivity index is 0.000000503. The summed E-state index contributed by atoms with van der Waals surface area (Å²) in [5, 5.41) is 33.2. The molecule has 15 heteroatoms. The van der Waals surface area contributed by atoms with Crippen LogP contribution < -0.4 is 5.32 Å². The Morgan fingerprint density at radius 3 is 1.95 bits per heavy atom. The minimum Gasteiger partial charge on any atom is -0.473 e. The molecule has 0 aromatic carbocycles. The highest BCUT2D eigenvalue weighted by atomic mass is 32.1. The monoisotopic (exact) mass is 559 g/mol. The molecule has 1 aliphatic heterocycles. The topological polar surface area (TPSA) is 211 Å². The molecule has 0 spiro atoms. The molecule has 0 bridgehead atoms. The summed E-state index contributed by atoms with van der Waals surface area (Å²) in [4.78, 5) is 67.1. The normalized spacial score (nSPS) is 16.9. The number of nitrogens with one attached hydrogen (secondary N) is 1. The van der Waals surface area contributed by atoms with E-state index >= 15 is 0 Å². The van der Waals surface area contributed by atoms with Gasteiger partial charge in [-0.05, 0) is 44.7 Å². The number of hydrogen-bond donors (Lipinski definition) is 5. The summed E-state index contributed by atoms with van der Waals surface area (Å²) >= 11 is 1.55. The van der Waals surface area contributed by atoms with Gasteiger partial charge in [-0.3, -0.25) is 9.69 Å². The highest BCUT2D eigenvalue weighted by molar-refractivity contribution is 7.17. The first-order valence-corrected chi connectivity index (χ1v) is 12.5. The lowest BCUT2D eigenvalue weighted by atomic mass is 9.88.